The van der Waals surface area contributed by atoms with Crippen LogP contribution in [0, 0.1) is 0 Å². The van der Waals surface area contributed by atoms with E-state index in [1.54, 1.807) is 54.6 Å². The molecule has 0 aliphatic carbocycles. The topological polar surface area (TPSA) is 86.8 Å². The molecule has 7 nitrogen and oxygen atoms in total. The minimum Gasteiger partial charge on any atom is -0.357 e. The van der Waals surface area contributed by atoms with Crippen molar-refractivity contribution in [3.8, 4) is 0 Å². The summed E-state index contributed by atoms with van der Waals surface area (Å²) in [6, 6.07) is 27.1. The molecule has 0 unspecified atom stereocenters. The minimum absolute atomic E-state index is 0.00869. The van der Waals surface area contributed by atoms with E-state index in [0.717, 1.165) is 9.87 Å². The summed E-state index contributed by atoms with van der Waals surface area (Å²) in [5.41, 5.74) is 1.42. The van der Waals surface area contributed by atoms with Crippen molar-refractivity contribution in [3.05, 3.63) is 129 Å². The maximum absolute atomic E-state index is 14.3. The van der Waals surface area contributed by atoms with E-state index in [-0.39, 0.29) is 23.5 Å². The van der Waals surface area contributed by atoms with Crippen LogP contribution in [0.5, 0.6) is 0 Å². The van der Waals surface area contributed by atoms with Crippen molar-refractivity contribution in [3.63, 3.8) is 0 Å². The molecular weight excluding hydrogens is 617 g/mol. The summed E-state index contributed by atoms with van der Waals surface area (Å²) in [4.78, 5) is 28.9. The van der Waals surface area contributed by atoms with Crippen LogP contribution >= 0.6 is 34.8 Å². The lowest BCUT2D eigenvalue weighted by molar-refractivity contribution is -0.139. The molecule has 42 heavy (non-hydrogen) atoms. The molecule has 0 aliphatic rings. The number of amides is 2. The Labute approximate surface area is 260 Å². The summed E-state index contributed by atoms with van der Waals surface area (Å²) in [5, 5.41) is 3.54. The first-order valence-corrected chi connectivity index (χ1v) is 15.5. The number of hydrogen-bond donors (Lipinski definition) is 1. The molecule has 1 atom stereocenters. The molecule has 0 saturated carbocycles. The van der Waals surface area contributed by atoms with E-state index < -0.39 is 34.4 Å². The van der Waals surface area contributed by atoms with Gasteiger partial charge in [-0.2, -0.15) is 0 Å². The van der Waals surface area contributed by atoms with Gasteiger partial charge in [0.25, 0.3) is 10.0 Å². The summed E-state index contributed by atoms with van der Waals surface area (Å²) in [6.07, 6.45) is 0.164. The fraction of sp³-hybridized carbons (Fsp3) is 0.161. The average Bonchev–Trinajstić information content (AvgIpc) is 2.99. The number of benzene rings is 4. The first-order chi connectivity index (χ1) is 20.1. The molecule has 0 aliphatic heterocycles. The second-order valence-corrected chi connectivity index (χ2v) is 12.5. The highest BCUT2D eigenvalue weighted by Gasteiger charge is 2.35. The van der Waals surface area contributed by atoms with Crippen molar-refractivity contribution < 1.29 is 18.0 Å². The third-order valence-corrected chi connectivity index (χ3v) is 9.35. The fourth-order valence-electron chi connectivity index (χ4n) is 4.45. The molecule has 2 amide bonds. The van der Waals surface area contributed by atoms with Gasteiger partial charge >= 0.3 is 0 Å². The van der Waals surface area contributed by atoms with E-state index in [1.807, 2.05) is 30.3 Å². The summed E-state index contributed by atoms with van der Waals surface area (Å²) in [7, 11) is -2.75. The molecule has 218 valence electrons. The summed E-state index contributed by atoms with van der Waals surface area (Å²) in [6.45, 7) is -0.765. The van der Waals surface area contributed by atoms with E-state index in [1.165, 1.54) is 30.1 Å². The lowest BCUT2D eigenvalue weighted by Crippen LogP contribution is -2.53. The Morgan fingerprint density at radius 3 is 2.00 bits per heavy atom. The van der Waals surface area contributed by atoms with Crippen LogP contribution in [0.25, 0.3) is 0 Å². The fourth-order valence-corrected chi connectivity index (χ4v) is 6.58. The third kappa shape index (κ3) is 7.44. The normalized spacial score (nSPS) is 11.9. The second kappa shape index (κ2) is 14.1. The van der Waals surface area contributed by atoms with Crippen LogP contribution in [0.2, 0.25) is 15.1 Å². The van der Waals surface area contributed by atoms with Gasteiger partial charge in [0.15, 0.2) is 0 Å². The number of likely N-dealkylation sites (N-methyl/N-ethyl adjacent to an activating group) is 1. The van der Waals surface area contributed by atoms with Gasteiger partial charge in [-0.25, -0.2) is 8.42 Å². The van der Waals surface area contributed by atoms with Gasteiger partial charge in [0.1, 0.15) is 12.6 Å². The number of sulfonamides is 1. The summed E-state index contributed by atoms with van der Waals surface area (Å²) >= 11 is 19.2. The predicted molar refractivity (Wildman–Crippen MR) is 167 cm³/mol. The Bertz CT molecular complexity index is 1630. The smallest absolute Gasteiger partial charge is 0.264 e. The van der Waals surface area contributed by atoms with Crippen molar-refractivity contribution in [2.45, 2.75) is 23.9 Å². The van der Waals surface area contributed by atoms with Crippen LogP contribution in [0.15, 0.2) is 108 Å². The van der Waals surface area contributed by atoms with Crippen LogP contribution in [-0.4, -0.2) is 44.8 Å². The van der Waals surface area contributed by atoms with Gasteiger partial charge < -0.3 is 10.2 Å². The van der Waals surface area contributed by atoms with Gasteiger partial charge in [0.05, 0.1) is 10.6 Å². The van der Waals surface area contributed by atoms with Crippen LogP contribution < -0.4 is 9.62 Å². The van der Waals surface area contributed by atoms with Gasteiger partial charge in [-0.1, -0.05) is 95.5 Å². The van der Waals surface area contributed by atoms with E-state index in [9.17, 15) is 18.0 Å². The number of anilines is 1. The van der Waals surface area contributed by atoms with Gasteiger partial charge in [-0.05, 0) is 48.0 Å². The largest absolute Gasteiger partial charge is 0.357 e. The van der Waals surface area contributed by atoms with Gasteiger partial charge in [0, 0.05) is 40.6 Å². The number of carbonyl (C=O) groups excluding carboxylic acids is 2. The van der Waals surface area contributed by atoms with Gasteiger partial charge in [0.2, 0.25) is 11.8 Å². The Morgan fingerprint density at radius 2 is 1.40 bits per heavy atom. The standard InChI is InChI=1S/C31H28Cl3N3O4S/c1-35-31(39)29(18-22-10-4-2-5-11-22)36(20-26-27(33)16-9-17-28(26)34)30(38)21-37(24-13-8-12-23(32)19-24)42(40,41)25-14-6-3-7-15-25/h2-17,19,29H,18,20-21H2,1H3,(H,35,39)/t29-/m1/s1. The van der Waals surface area contributed by atoms with Crippen molar-refractivity contribution in [1.82, 2.24) is 10.2 Å². The molecule has 0 aromatic heterocycles. The highest BCUT2D eigenvalue weighted by Crippen LogP contribution is 2.29. The summed E-state index contributed by atoms with van der Waals surface area (Å²) < 4.78 is 28.8. The van der Waals surface area contributed by atoms with Crippen LogP contribution in [0.4, 0.5) is 5.69 Å². The zero-order valence-corrected chi connectivity index (χ0v) is 25.7. The van der Waals surface area contributed by atoms with E-state index in [0.29, 0.717) is 20.6 Å². The third-order valence-electron chi connectivity index (χ3n) is 6.61. The lowest BCUT2D eigenvalue weighted by atomic mass is 10.0. The van der Waals surface area contributed by atoms with Crippen LogP contribution in [0.3, 0.4) is 0 Å². The average molecular weight is 645 g/mol. The monoisotopic (exact) mass is 643 g/mol. The predicted octanol–water partition coefficient (Wildman–Crippen LogP) is 6.23. The molecule has 0 radical (unpaired) electrons. The van der Waals surface area contributed by atoms with Crippen molar-refractivity contribution in [2.24, 2.45) is 0 Å². The second-order valence-electron chi connectivity index (χ2n) is 9.35. The molecular formula is C31H28Cl3N3O4S. The Hall–Kier alpha value is -3.56. The van der Waals surface area contributed by atoms with Crippen LogP contribution in [0.1, 0.15) is 11.1 Å². The van der Waals surface area contributed by atoms with Crippen molar-refractivity contribution in [1.29, 1.82) is 0 Å². The van der Waals surface area contributed by atoms with Crippen molar-refractivity contribution in [2.75, 3.05) is 17.9 Å². The van der Waals surface area contributed by atoms with E-state index in [4.69, 9.17) is 34.8 Å². The number of halogens is 3. The molecule has 11 heteroatoms. The molecule has 4 aromatic carbocycles. The zero-order valence-electron chi connectivity index (χ0n) is 22.6. The van der Waals surface area contributed by atoms with E-state index in [2.05, 4.69) is 5.32 Å². The molecule has 4 aromatic rings. The van der Waals surface area contributed by atoms with Gasteiger partial charge in [-0.15, -0.1) is 0 Å². The maximum Gasteiger partial charge on any atom is 0.264 e. The zero-order chi connectivity index (χ0) is 30.3. The molecule has 0 spiro atoms. The summed E-state index contributed by atoms with van der Waals surface area (Å²) in [5.74, 6) is -1.08. The highest BCUT2D eigenvalue weighted by atomic mass is 35.5. The van der Waals surface area contributed by atoms with Crippen molar-refractivity contribution >= 4 is 62.3 Å². The highest BCUT2D eigenvalue weighted by molar-refractivity contribution is 7.92. The quantitative estimate of drug-likeness (QED) is 0.210. The minimum atomic E-state index is -4.22. The van der Waals surface area contributed by atoms with E-state index >= 15 is 0 Å². The number of rotatable bonds is 11. The first kappa shape index (κ1) is 31.4. The number of hydrogen-bond acceptors (Lipinski definition) is 4. The Balaban J connectivity index is 1.82. The number of nitrogens with zero attached hydrogens (tertiary/aromatic N) is 2. The van der Waals surface area contributed by atoms with Gasteiger partial charge in [-0.3, -0.25) is 13.9 Å². The van der Waals surface area contributed by atoms with Crippen LogP contribution in [-0.2, 0) is 32.6 Å². The number of carbonyl (C=O) groups is 2. The molecule has 0 fully saturated rings. The molecule has 0 bridgehead atoms. The molecule has 0 heterocycles. The molecule has 1 N–H and O–H groups in total. The lowest BCUT2D eigenvalue weighted by Gasteiger charge is -2.34. The SMILES string of the molecule is CNC(=O)[C@@H](Cc1ccccc1)N(Cc1c(Cl)cccc1Cl)C(=O)CN(c1cccc(Cl)c1)S(=O)(=O)c1ccccc1. The Kier molecular flexibility index (Phi) is 10.5. The number of nitrogens with one attached hydrogen (secondary N) is 1. The Morgan fingerprint density at radius 1 is 0.810 bits per heavy atom. The molecule has 0 saturated heterocycles. The first-order valence-electron chi connectivity index (χ1n) is 12.9. The maximum atomic E-state index is 14.3. The molecule has 4 rings (SSSR count).